The van der Waals surface area contributed by atoms with Gasteiger partial charge in [-0.25, -0.2) is 19.0 Å². The predicted octanol–water partition coefficient (Wildman–Crippen LogP) is 4.77. The Morgan fingerprint density at radius 1 is 1.08 bits per heavy atom. The Labute approximate surface area is 208 Å². The molecule has 0 saturated heterocycles. The fraction of sp³-hybridized carbons (Fsp3) is 0.320. The molecule has 0 bridgehead atoms. The predicted molar refractivity (Wildman–Crippen MR) is 134 cm³/mol. The molecule has 0 atom stereocenters. The van der Waals surface area contributed by atoms with Crippen molar-refractivity contribution < 1.29 is 23.5 Å². The third-order valence-corrected chi connectivity index (χ3v) is 5.57. The monoisotopic (exact) mass is 496 g/mol. The van der Waals surface area contributed by atoms with E-state index in [-0.39, 0.29) is 11.3 Å². The van der Waals surface area contributed by atoms with Crippen LogP contribution in [0, 0.1) is 12.7 Å². The number of aryl methyl sites for hydroxylation is 1. The molecule has 2 aromatic heterocycles. The highest BCUT2D eigenvalue weighted by molar-refractivity contribution is 5.90. The number of urea groups is 1. The van der Waals surface area contributed by atoms with E-state index in [1.54, 1.807) is 38.4 Å². The van der Waals surface area contributed by atoms with E-state index in [4.69, 9.17) is 4.74 Å². The number of ether oxygens (including phenoxy) is 2. The number of hydrogen-bond acceptors (Lipinski definition) is 7. The minimum absolute atomic E-state index is 0.0137. The fourth-order valence-electron chi connectivity index (χ4n) is 3.28. The molecule has 3 amide bonds. The summed E-state index contributed by atoms with van der Waals surface area (Å²) in [4.78, 5) is 27.9. The van der Waals surface area contributed by atoms with Gasteiger partial charge in [0.05, 0.1) is 30.3 Å². The van der Waals surface area contributed by atoms with Gasteiger partial charge >= 0.3 is 12.1 Å². The molecule has 190 valence electrons. The third-order valence-electron chi connectivity index (χ3n) is 5.57. The van der Waals surface area contributed by atoms with Crippen molar-refractivity contribution in [2.24, 2.45) is 0 Å². The molecule has 0 aliphatic rings. The summed E-state index contributed by atoms with van der Waals surface area (Å²) in [6.45, 7) is 5.93. The molecule has 3 rings (SSSR count). The van der Waals surface area contributed by atoms with E-state index < -0.39 is 17.9 Å². The summed E-state index contributed by atoms with van der Waals surface area (Å²) in [6.07, 6.45) is 3.06. The third kappa shape index (κ3) is 6.95. The lowest BCUT2D eigenvalue weighted by atomic mass is 10.0. The average molecular weight is 497 g/mol. The Kier molecular flexibility index (Phi) is 8.49. The van der Waals surface area contributed by atoms with Crippen LogP contribution in [0.15, 0.2) is 42.7 Å². The molecule has 1 aromatic carbocycles. The van der Waals surface area contributed by atoms with Gasteiger partial charge in [0.1, 0.15) is 11.6 Å². The molecule has 0 saturated carbocycles. The van der Waals surface area contributed by atoms with Crippen molar-refractivity contribution in [1.82, 2.24) is 20.5 Å². The van der Waals surface area contributed by atoms with Crippen LogP contribution in [-0.4, -0.2) is 53.7 Å². The molecule has 3 aromatic rings. The first-order valence-electron chi connectivity index (χ1n) is 11.2. The molecule has 0 radical (unpaired) electrons. The van der Waals surface area contributed by atoms with Crippen LogP contribution in [0.4, 0.5) is 25.5 Å². The second-order valence-corrected chi connectivity index (χ2v) is 8.62. The highest BCUT2D eigenvalue weighted by Gasteiger charge is 2.17. The number of carbonyl (C=O) groups excluding carboxylic acids is 2. The average Bonchev–Trinajstić information content (AvgIpc) is 2.85. The Bertz CT molecular complexity index is 1250. The van der Waals surface area contributed by atoms with Gasteiger partial charge in [0.25, 0.3) is 0 Å². The van der Waals surface area contributed by atoms with Crippen molar-refractivity contribution in [3.63, 3.8) is 0 Å². The number of rotatable bonds is 8. The zero-order chi connectivity index (χ0) is 26.3. The van der Waals surface area contributed by atoms with E-state index in [2.05, 4.69) is 35.9 Å². The number of carbonyl (C=O) groups is 2. The van der Waals surface area contributed by atoms with E-state index in [9.17, 15) is 14.0 Å². The number of methoxy groups -OCH3 is 2. The first-order valence-corrected chi connectivity index (χ1v) is 11.2. The van der Waals surface area contributed by atoms with Crippen molar-refractivity contribution in [1.29, 1.82) is 0 Å². The summed E-state index contributed by atoms with van der Waals surface area (Å²) < 4.78 is 24.6. The summed E-state index contributed by atoms with van der Waals surface area (Å²) >= 11 is 0. The van der Waals surface area contributed by atoms with Crippen molar-refractivity contribution in [2.75, 3.05) is 31.4 Å². The van der Waals surface area contributed by atoms with Gasteiger partial charge < -0.3 is 20.1 Å². The standard InChI is InChI=1S/C25H29FN6O4/c1-15-10-19(26)21(30-23(33)28-9-7-25(2,3)36-5)13-18(15)20-11-17(14-29-32-20)16-6-8-27-22(12-16)31-24(34)35-4/h6,8,10-14H,7,9H2,1-5H3,(H,27,31,34)(H2,28,30,33). The minimum atomic E-state index is -0.637. The summed E-state index contributed by atoms with van der Waals surface area (Å²) in [6, 6.07) is 7.52. The van der Waals surface area contributed by atoms with E-state index >= 15 is 0 Å². The molecule has 10 nitrogen and oxygen atoms in total. The lowest BCUT2D eigenvalue weighted by molar-refractivity contribution is 0.0165. The molecule has 11 heteroatoms. The van der Waals surface area contributed by atoms with E-state index in [0.717, 1.165) is 5.56 Å². The number of anilines is 2. The molecule has 3 N–H and O–H groups in total. The smallest absolute Gasteiger partial charge is 0.412 e. The zero-order valence-electron chi connectivity index (χ0n) is 20.8. The molecule has 0 spiro atoms. The quantitative estimate of drug-likeness (QED) is 0.410. The maximum Gasteiger partial charge on any atom is 0.412 e. The normalized spacial score (nSPS) is 11.1. The van der Waals surface area contributed by atoms with Crippen LogP contribution in [-0.2, 0) is 9.47 Å². The summed E-state index contributed by atoms with van der Waals surface area (Å²) in [7, 11) is 2.87. The number of hydrogen-bond donors (Lipinski definition) is 3. The maximum atomic E-state index is 14.6. The molecule has 0 fully saturated rings. The van der Waals surface area contributed by atoms with Crippen LogP contribution >= 0.6 is 0 Å². The van der Waals surface area contributed by atoms with Crippen LogP contribution in [0.5, 0.6) is 0 Å². The second-order valence-electron chi connectivity index (χ2n) is 8.62. The summed E-state index contributed by atoms with van der Waals surface area (Å²) in [5.41, 5.74) is 2.76. The molecule has 36 heavy (non-hydrogen) atoms. The first kappa shape index (κ1) is 26.5. The van der Waals surface area contributed by atoms with Crippen LogP contribution in [0.25, 0.3) is 22.4 Å². The van der Waals surface area contributed by atoms with Gasteiger partial charge in [0.15, 0.2) is 0 Å². The number of amides is 3. The van der Waals surface area contributed by atoms with Gasteiger partial charge in [-0.2, -0.15) is 10.2 Å². The van der Waals surface area contributed by atoms with Gasteiger partial charge in [-0.15, -0.1) is 0 Å². The molecule has 0 aliphatic heterocycles. The van der Waals surface area contributed by atoms with Crippen molar-refractivity contribution in [3.05, 3.63) is 54.1 Å². The largest absolute Gasteiger partial charge is 0.453 e. The number of halogens is 1. The number of nitrogens with zero attached hydrogens (tertiary/aromatic N) is 3. The molecular weight excluding hydrogens is 467 g/mol. The molecule has 0 aliphatic carbocycles. The van der Waals surface area contributed by atoms with E-state index in [1.165, 1.54) is 25.4 Å². The highest BCUT2D eigenvalue weighted by Crippen LogP contribution is 2.30. The topological polar surface area (TPSA) is 127 Å². The maximum absolute atomic E-state index is 14.6. The minimum Gasteiger partial charge on any atom is -0.453 e. The van der Waals surface area contributed by atoms with Crippen LogP contribution < -0.4 is 16.0 Å². The summed E-state index contributed by atoms with van der Waals surface area (Å²) in [5.74, 6) is -0.262. The van der Waals surface area contributed by atoms with Crippen LogP contribution in [0.2, 0.25) is 0 Å². The van der Waals surface area contributed by atoms with Crippen LogP contribution in [0.1, 0.15) is 25.8 Å². The Morgan fingerprint density at radius 3 is 2.58 bits per heavy atom. The Morgan fingerprint density at radius 2 is 1.86 bits per heavy atom. The second kappa shape index (κ2) is 11.5. The first-order chi connectivity index (χ1) is 17.1. The number of aromatic nitrogens is 3. The molecular formula is C25H29FN6O4. The van der Waals surface area contributed by atoms with Crippen molar-refractivity contribution in [3.8, 4) is 22.4 Å². The van der Waals surface area contributed by atoms with E-state index in [0.29, 0.717) is 41.2 Å². The van der Waals surface area contributed by atoms with Gasteiger partial charge in [-0.3, -0.25) is 5.32 Å². The molecule has 0 unspecified atom stereocenters. The van der Waals surface area contributed by atoms with Gasteiger partial charge in [-0.1, -0.05) is 0 Å². The highest BCUT2D eigenvalue weighted by atomic mass is 19.1. The number of benzene rings is 1. The van der Waals surface area contributed by atoms with Crippen LogP contribution in [0.3, 0.4) is 0 Å². The van der Waals surface area contributed by atoms with Crippen molar-refractivity contribution >= 4 is 23.6 Å². The van der Waals surface area contributed by atoms with Gasteiger partial charge in [0.2, 0.25) is 0 Å². The zero-order valence-corrected chi connectivity index (χ0v) is 20.8. The fourth-order valence-corrected chi connectivity index (χ4v) is 3.28. The number of pyridine rings is 1. The van der Waals surface area contributed by atoms with Gasteiger partial charge in [0, 0.05) is 31.0 Å². The summed E-state index contributed by atoms with van der Waals surface area (Å²) in [5, 5.41) is 16.1. The lowest BCUT2D eigenvalue weighted by Crippen LogP contribution is -2.34. The SMILES string of the molecule is COC(=O)Nc1cc(-c2cnnc(-c3cc(NC(=O)NCCC(C)(C)OC)c(F)cc3C)c2)ccn1. The van der Waals surface area contributed by atoms with Crippen molar-refractivity contribution in [2.45, 2.75) is 32.8 Å². The van der Waals surface area contributed by atoms with Gasteiger partial charge in [-0.05, 0) is 68.7 Å². The van der Waals surface area contributed by atoms with E-state index in [1.807, 2.05) is 13.8 Å². The molecule has 2 heterocycles. The lowest BCUT2D eigenvalue weighted by Gasteiger charge is -2.22. The Balaban J connectivity index is 1.82. The Hall–Kier alpha value is -4.12. The number of nitrogens with one attached hydrogen (secondary N) is 3.